The second kappa shape index (κ2) is 14.7. The molecule has 2 N–H and O–H groups in total. The molecule has 4 aromatic carbocycles. The smallest absolute Gasteiger partial charge is 0.262 e. The third kappa shape index (κ3) is 8.78. The van der Waals surface area contributed by atoms with Crippen molar-refractivity contribution >= 4 is 23.2 Å². The number of aryl methyl sites for hydroxylation is 2. The number of anilines is 2. The Balaban J connectivity index is 1.30. The molecule has 0 aliphatic heterocycles. The summed E-state index contributed by atoms with van der Waals surface area (Å²) < 4.78 is 11.5. The van der Waals surface area contributed by atoms with Gasteiger partial charge in [0.1, 0.15) is 11.5 Å². The van der Waals surface area contributed by atoms with Gasteiger partial charge in [-0.1, -0.05) is 77.9 Å². The van der Waals surface area contributed by atoms with E-state index in [9.17, 15) is 9.59 Å². The van der Waals surface area contributed by atoms with Gasteiger partial charge in [-0.15, -0.1) is 0 Å². The van der Waals surface area contributed by atoms with Crippen molar-refractivity contribution < 1.29 is 19.1 Å². The van der Waals surface area contributed by atoms with E-state index < -0.39 is 0 Å². The molecule has 0 bridgehead atoms. The van der Waals surface area contributed by atoms with E-state index in [1.54, 1.807) is 0 Å². The zero-order chi connectivity index (χ0) is 33.5. The summed E-state index contributed by atoms with van der Waals surface area (Å²) in [7, 11) is 0. The quantitative estimate of drug-likeness (QED) is 0.156. The summed E-state index contributed by atoms with van der Waals surface area (Å²) in [6, 6.07) is 27.8. The summed E-state index contributed by atoms with van der Waals surface area (Å²) in [4.78, 5) is 25.3. The molecule has 0 saturated heterocycles. The van der Waals surface area contributed by atoms with Crippen LogP contribution in [0.15, 0.2) is 84.9 Å². The third-order valence-corrected chi connectivity index (χ3v) is 9.11. The van der Waals surface area contributed by atoms with Gasteiger partial charge in [0.05, 0.1) is 0 Å². The minimum Gasteiger partial charge on any atom is -0.484 e. The fourth-order valence-corrected chi connectivity index (χ4v) is 5.05. The van der Waals surface area contributed by atoms with Gasteiger partial charge in [0, 0.05) is 11.4 Å². The van der Waals surface area contributed by atoms with Crippen LogP contribution in [0, 0.1) is 13.8 Å². The van der Waals surface area contributed by atoms with Crippen molar-refractivity contribution in [2.75, 3.05) is 23.8 Å². The van der Waals surface area contributed by atoms with Crippen LogP contribution in [-0.2, 0) is 20.4 Å². The lowest BCUT2D eigenvalue weighted by atomic mass is 9.82. The van der Waals surface area contributed by atoms with Crippen LogP contribution in [0.1, 0.15) is 76.6 Å². The van der Waals surface area contributed by atoms with Gasteiger partial charge in [-0.2, -0.15) is 0 Å². The molecule has 0 aromatic heterocycles. The van der Waals surface area contributed by atoms with Crippen molar-refractivity contribution in [1.29, 1.82) is 0 Å². The minimum atomic E-state index is -0.216. The van der Waals surface area contributed by atoms with E-state index in [1.165, 1.54) is 11.1 Å². The van der Waals surface area contributed by atoms with Gasteiger partial charge in [-0.25, -0.2) is 0 Å². The van der Waals surface area contributed by atoms with E-state index in [0.29, 0.717) is 11.5 Å². The summed E-state index contributed by atoms with van der Waals surface area (Å²) in [5.74, 6) is 0.903. The molecule has 0 saturated carbocycles. The number of ether oxygens (including phenoxy) is 2. The second-order valence-corrected chi connectivity index (χ2v) is 13.3. The molecule has 0 fully saturated rings. The van der Waals surface area contributed by atoms with Crippen molar-refractivity contribution in [3.8, 4) is 22.6 Å². The molecular formula is C40H48N2O4. The molecule has 2 amide bonds. The van der Waals surface area contributed by atoms with Gasteiger partial charge < -0.3 is 20.1 Å². The molecule has 0 atom stereocenters. The monoisotopic (exact) mass is 620 g/mol. The van der Waals surface area contributed by atoms with Crippen LogP contribution in [-0.4, -0.2) is 25.0 Å². The number of carbonyl (C=O) groups excluding carboxylic acids is 2. The molecule has 4 aromatic rings. The molecule has 0 radical (unpaired) electrons. The zero-order valence-corrected chi connectivity index (χ0v) is 28.5. The zero-order valence-electron chi connectivity index (χ0n) is 28.5. The SMILES string of the molecule is CCC(C)(C)c1ccc(OCC(=O)Nc2ccc(-c3ccc(NC(=O)COc4ccc(C(C)(C)CC)cc4)c(C)c3)cc2C)cc1. The maximum Gasteiger partial charge on any atom is 0.262 e. The largest absolute Gasteiger partial charge is 0.484 e. The second-order valence-electron chi connectivity index (χ2n) is 13.3. The average Bonchev–Trinajstić information content (AvgIpc) is 3.05. The van der Waals surface area contributed by atoms with Crippen LogP contribution in [0.2, 0.25) is 0 Å². The number of rotatable bonds is 13. The lowest BCUT2D eigenvalue weighted by molar-refractivity contribution is -0.118. The molecular weight excluding hydrogens is 572 g/mol. The maximum absolute atomic E-state index is 12.6. The Labute approximate surface area is 274 Å². The predicted molar refractivity (Wildman–Crippen MR) is 189 cm³/mol. The summed E-state index contributed by atoms with van der Waals surface area (Å²) in [6.45, 7) is 17.0. The van der Waals surface area contributed by atoms with Gasteiger partial charge >= 0.3 is 0 Å². The molecule has 0 spiro atoms. The van der Waals surface area contributed by atoms with E-state index in [2.05, 4.69) is 76.4 Å². The minimum absolute atomic E-state index is 0.0707. The lowest BCUT2D eigenvalue weighted by Gasteiger charge is -2.23. The Hall–Kier alpha value is -4.58. The van der Waals surface area contributed by atoms with Gasteiger partial charge in [0.25, 0.3) is 11.8 Å². The topological polar surface area (TPSA) is 76.7 Å². The van der Waals surface area contributed by atoms with Crippen LogP contribution in [0.25, 0.3) is 11.1 Å². The van der Waals surface area contributed by atoms with Crippen LogP contribution < -0.4 is 20.1 Å². The highest BCUT2D eigenvalue weighted by Crippen LogP contribution is 2.30. The van der Waals surface area contributed by atoms with E-state index in [0.717, 1.165) is 46.5 Å². The Bertz CT molecular complexity index is 1530. The highest BCUT2D eigenvalue weighted by atomic mass is 16.5. The Morgan fingerprint density at radius 1 is 0.565 bits per heavy atom. The number of nitrogens with one attached hydrogen (secondary N) is 2. The average molecular weight is 621 g/mol. The Kier molecular flexibility index (Phi) is 10.9. The standard InChI is InChI=1S/C40H48N2O4/c1-9-39(5,6)31-13-17-33(18-14-31)45-25-37(43)41-35-21-11-29(23-27(35)3)30-12-22-36(28(4)24-30)42-38(44)26-46-34-19-15-32(16-20-34)40(7,8)10-2/h11-24H,9-10,25-26H2,1-8H3,(H,41,43)(H,42,44). The number of hydrogen-bond donors (Lipinski definition) is 2. The van der Waals surface area contributed by atoms with E-state index in [4.69, 9.17) is 9.47 Å². The maximum atomic E-state index is 12.6. The molecule has 0 aliphatic rings. The number of hydrogen-bond acceptors (Lipinski definition) is 4. The van der Waals surface area contributed by atoms with Crippen molar-refractivity contribution in [2.24, 2.45) is 0 Å². The first-order chi connectivity index (χ1) is 21.8. The number of benzene rings is 4. The Morgan fingerprint density at radius 2 is 0.913 bits per heavy atom. The molecule has 6 heteroatoms. The van der Waals surface area contributed by atoms with Crippen molar-refractivity contribution in [3.05, 3.63) is 107 Å². The predicted octanol–water partition coefficient (Wildman–Crippen LogP) is 9.38. The van der Waals surface area contributed by atoms with Crippen LogP contribution in [0.3, 0.4) is 0 Å². The fraction of sp³-hybridized carbons (Fsp3) is 0.350. The molecule has 4 rings (SSSR count). The lowest BCUT2D eigenvalue weighted by Crippen LogP contribution is -2.21. The molecule has 0 aliphatic carbocycles. The van der Waals surface area contributed by atoms with Crippen LogP contribution in [0.5, 0.6) is 11.5 Å². The summed E-state index contributed by atoms with van der Waals surface area (Å²) in [5.41, 5.74) is 8.08. The molecule has 6 nitrogen and oxygen atoms in total. The van der Waals surface area contributed by atoms with Gasteiger partial charge in [-0.3, -0.25) is 9.59 Å². The van der Waals surface area contributed by atoms with Crippen molar-refractivity contribution in [3.63, 3.8) is 0 Å². The highest BCUT2D eigenvalue weighted by molar-refractivity contribution is 5.94. The normalized spacial score (nSPS) is 11.6. The summed E-state index contributed by atoms with van der Waals surface area (Å²) >= 11 is 0. The molecule has 0 heterocycles. The summed E-state index contributed by atoms with van der Waals surface area (Å²) in [6.07, 6.45) is 2.09. The first-order valence-electron chi connectivity index (χ1n) is 16.1. The van der Waals surface area contributed by atoms with E-state index in [1.807, 2.05) is 74.5 Å². The van der Waals surface area contributed by atoms with Crippen molar-refractivity contribution in [1.82, 2.24) is 0 Å². The van der Waals surface area contributed by atoms with Crippen molar-refractivity contribution in [2.45, 2.75) is 79.1 Å². The molecule has 242 valence electrons. The molecule has 46 heavy (non-hydrogen) atoms. The highest BCUT2D eigenvalue weighted by Gasteiger charge is 2.19. The van der Waals surface area contributed by atoms with Crippen LogP contribution >= 0.6 is 0 Å². The number of amides is 2. The van der Waals surface area contributed by atoms with Gasteiger partial charge in [-0.05, 0) is 119 Å². The summed E-state index contributed by atoms with van der Waals surface area (Å²) in [5, 5.41) is 5.92. The first kappa shape index (κ1) is 34.3. The third-order valence-electron chi connectivity index (χ3n) is 9.11. The number of carbonyl (C=O) groups is 2. The van der Waals surface area contributed by atoms with E-state index in [-0.39, 0.29) is 35.9 Å². The molecule has 0 unspecified atom stereocenters. The van der Waals surface area contributed by atoms with E-state index >= 15 is 0 Å². The van der Waals surface area contributed by atoms with Gasteiger partial charge in [0.15, 0.2) is 13.2 Å². The van der Waals surface area contributed by atoms with Crippen LogP contribution in [0.4, 0.5) is 11.4 Å². The fourth-order valence-electron chi connectivity index (χ4n) is 5.05. The van der Waals surface area contributed by atoms with Gasteiger partial charge in [0.2, 0.25) is 0 Å². The Morgan fingerprint density at radius 3 is 1.22 bits per heavy atom. The first-order valence-corrected chi connectivity index (χ1v) is 16.1.